The summed E-state index contributed by atoms with van der Waals surface area (Å²) < 4.78 is 6.25. The fourth-order valence-electron chi connectivity index (χ4n) is 5.45. The summed E-state index contributed by atoms with van der Waals surface area (Å²) >= 11 is 0. The topological polar surface area (TPSA) is 61.9 Å². The van der Waals surface area contributed by atoms with Gasteiger partial charge in [-0.15, -0.1) is 0 Å². The van der Waals surface area contributed by atoms with Crippen LogP contribution in [0.4, 0.5) is 0 Å². The van der Waals surface area contributed by atoms with E-state index in [0.717, 1.165) is 37.2 Å². The van der Waals surface area contributed by atoms with Crippen LogP contribution in [0.25, 0.3) is 0 Å². The monoisotopic (exact) mass is 505 g/mol. The summed E-state index contributed by atoms with van der Waals surface area (Å²) in [5.41, 5.74) is 4.62. The minimum absolute atomic E-state index is 0.0664. The molecule has 1 saturated heterocycles. The molecular weight excluding hydrogens is 462 g/mol. The van der Waals surface area contributed by atoms with Gasteiger partial charge in [0.15, 0.2) is 6.10 Å². The van der Waals surface area contributed by atoms with Crippen molar-refractivity contribution in [1.82, 2.24) is 15.1 Å². The fraction of sp³-hybridized carbons (Fsp3) is 0.548. The van der Waals surface area contributed by atoms with Crippen molar-refractivity contribution in [2.24, 2.45) is 5.92 Å². The SMILES string of the molecule is CC[C@@H](Oc1ccc2c(c1)[C@@H](c1ccc(C)cc1)N(C(=O)CC(C)C)CC2)C(=O)NCCN1CCCC1. The molecule has 2 heterocycles. The summed E-state index contributed by atoms with van der Waals surface area (Å²) in [5.74, 6) is 1.09. The molecule has 0 unspecified atom stereocenters. The third-order valence-electron chi connectivity index (χ3n) is 7.51. The van der Waals surface area contributed by atoms with Crippen molar-refractivity contribution in [1.29, 1.82) is 0 Å². The lowest BCUT2D eigenvalue weighted by molar-refractivity contribution is -0.134. The second kappa shape index (κ2) is 12.6. The van der Waals surface area contributed by atoms with Crippen LogP contribution in [0.5, 0.6) is 5.75 Å². The average Bonchev–Trinajstić information content (AvgIpc) is 3.40. The summed E-state index contributed by atoms with van der Waals surface area (Å²) in [7, 11) is 0. The molecule has 0 aliphatic carbocycles. The Morgan fingerprint density at radius 2 is 1.78 bits per heavy atom. The van der Waals surface area contributed by atoms with E-state index in [2.05, 4.69) is 67.4 Å². The van der Waals surface area contributed by atoms with Gasteiger partial charge in [-0.3, -0.25) is 9.59 Å². The molecule has 200 valence electrons. The number of aryl methyl sites for hydroxylation is 1. The molecule has 1 N–H and O–H groups in total. The van der Waals surface area contributed by atoms with Crippen LogP contribution in [-0.2, 0) is 16.0 Å². The van der Waals surface area contributed by atoms with Gasteiger partial charge in [-0.05, 0) is 80.4 Å². The standard InChI is InChI=1S/C31H43N3O3/c1-5-28(31(36)32-15-19-33-16-6-7-17-33)37-26-13-12-24-14-18-34(29(35)20-22(2)3)30(27(24)21-26)25-10-8-23(4)9-11-25/h8-13,21-22,28,30H,5-7,14-20H2,1-4H3,(H,32,36)/t28-,30-/m1/s1. The molecular formula is C31H43N3O3. The van der Waals surface area contributed by atoms with Gasteiger partial charge >= 0.3 is 0 Å². The maximum absolute atomic E-state index is 13.3. The Morgan fingerprint density at radius 3 is 2.46 bits per heavy atom. The Labute approximate surface area is 222 Å². The lowest BCUT2D eigenvalue weighted by Crippen LogP contribution is -2.42. The summed E-state index contributed by atoms with van der Waals surface area (Å²) in [5, 5.41) is 3.06. The van der Waals surface area contributed by atoms with Crippen molar-refractivity contribution in [3.8, 4) is 5.75 Å². The van der Waals surface area contributed by atoms with Crippen LogP contribution in [0.1, 0.15) is 74.8 Å². The number of ether oxygens (including phenoxy) is 1. The largest absolute Gasteiger partial charge is 0.481 e. The van der Waals surface area contributed by atoms with Crippen molar-refractivity contribution in [2.75, 3.05) is 32.7 Å². The first-order valence-electron chi connectivity index (χ1n) is 14.0. The first-order valence-corrected chi connectivity index (χ1v) is 14.0. The number of benzene rings is 2. The van der Waals surface area contributed by atoms with E-state index in [4.69, 9.17) is 4.74 Å². The quantitative estimate of drug-likeness (QED) is 0.500. The Bertz CT molecular complexity index is 1060. The van der Waals surface area contributed by atoms with Crippen molar-refractivity contribution < 1.29 is 14.3 Å². The molecule has 0 saturated carbocycles. The van der Waals surface area contributed by atoms with Gasteiger partial charge in [-0.25, -0.2) is 0 Å². The molecule has 2 atom stereocenters. The number of amides is 2. The molecule has 6 heteroatoms. The first kappa shape index (κ1) is 27.2. The maximum Gasteiger partial charge on any atom is 0.261 e. The molecule has 4 rings (SSSR count). The molecule has 2 aromatic carbocycles. The molecule has 2 aliphatic rings. The smallest absolute Gasteiger partial charge is 0.261 e. The molecule has 37 heavy (non-hydrogen) atoms. The van der Waals surface area contributed by atoms with E-state index in [1.807, 2.05) is 17.9 Å². The Balaban J connectivity index is 1.53. The number of carbonyl (C=O) groups excluding carboxylic acids is 2. The maximum atomic E-state index is 13.3. The molecule has 2 aliphatic heterocycles. The Kier molecular flexibility index (Phi) is 9.25. The first-order chi connectivity index (χ1) is 17.9. The summed E-state index contributed by atoms with van der Waals surface area (Å²) in [6.45, 7) is 12.7. The van der Waals surface area contributed by atoms with Crippen LogP contribution < -0.4 is 10.1 Å². The van der Waals surface area contributed by atoms with E-state index in [9.17, 15) is 9.59 Å². The molecule has 1 fully saturated rings. The average molecular weight is 506 g/mol. The van der Waals surface area contributed by atoms with Crippen LogP contribution in [0.15, 0.2) is 42.5 Å². The van der Waals surface area contributed by atoms with Gasteiger partial charge in [0.1, 0.15) is 5.75 Å². The second-order valence-corrected chi connectivity index (χ2v) is 11.0. The van der Waals surface area contributed by atoms with Gasteiger partial charge in [0.05, 0.1) is 6.04 Å². The second-order valence-electron chi connectivity index (χ2n) is 11.0. The number of carbonyl (C=O) groups is 2. The fourth-order valence-corrected chi connectivity index (χ4v) is 5.45. The minimum Gasteiger partial charge on any atom is -0.481 e. The van der Waals surface area contributed by atoms with Gasteiger partial charge in [0.2, 0.25) is 5.91 Å². The van der Waals surface area contributed by atoms with Crippen molar-refractivity contribution in [2.45, 2.75) is 71.9 Å². The molecule has 0 bridgehead atoms. The number of hydrogen-bond donors (Lipinski definition) is 1. The zero-order chi connectivity index (χ0) is 26.4. The zero-order valence-corrected chi connectivity index (χ0v) is 23.0. The molecule has 0 aromatic heterocycles. The van der Waals surface area contributed by atoms with Crippen LogP contribution in [0, 0.1) is 12.8 Å². The Morgan fingerprint density at radius 1 is 1.05 bits per heavy atom. The minimum atomic E-state index is -0.545. The summed E-state index contributed by atoms with van der Waals surface area (Å²) in [6.07, 6.45) is 3.89. The van der Waals surface area contributed by atoms with Gasteiger partial charge < -0.3 is 19.9 Å². The van der Waals surface area contributed by atoms with Crippen LogP contribution >= 0.6 is 0 Å². The third-order valence-corrected chi connectivity index (χ3v) is 7.51. The number of rotatable bonds is 10. The number of hydrogen-bond acceptors (Lipinski definition) is 4. The molecule has 0 spiro atoms. The normalized spacial score (nSPS) is 18.5. The van der Waals surface area contributed by atoms with E-state index in [-0.39, 0.29) is 17.9 Å². The van der Waals surface area contributed by atoms with E-state index < -0.39 is 6.10 Å². The van der Waals surface area contributed by atoms with Crippen LogP contribution in [0.2, 0.25) is 0 Å². The lowest BCUT2D eigenvalue weighted by atomic mass is 9.87. The molecule has 2 amide bonds. The highest BCUT2D eigenvalue weighted by Crippen LogP contribution is 2.38. The Hall–Kier alpha value is -2.86. The van der Waals surface area contributed by atoms with Crippen LogP contribution in [-0.4, -0.2) is 60.4 Å². The van der Waals surface area contributed by atoms with E-state index in [1.54, 1.807) is 0 Å². The number of fused-ring (bicyclic) bond motifs is 1. The van der Waals surface area contributed by atoms with Crippen molar-refractivity contribution in [3.63, 3.8) is 0 Å². The van der Waals surface area contributed by atoms with Crippen LogP contribution in [0.3, 0.4) is 0 Å². The molecule has 6 nitrogen and oxygen atoms in total. The predicted molar refractivity (Wildman–Crippen MR) is 148 cm³/mol. The van der Waals surface area contributed by atoms with Crippen molar-refractivity contribution >= 4 is 11.8 Å². The molecule has 0 radical (unpaired) electrons. The third kappa shape index (κ3) is 6.92. The van der Waals surface area contributed by atoms with Gasteiger partial charge in [-0.2, -0.15) is 0 Å². The van der Waals surface area contributed by atoms with E-state index >= 15 is 0 Å². The lowest BCUT2D eigenvalue weighted by Gasteiger charge is -2.38. The zero-order valence-electron chi connectivity index (χ0n) is 23.0. The van der Waals surface area contributed by atoms with Gasteiger partial charge in [0.25, 0.3) is 5.91 Å². The van der Waals surface area contributed by atoms with Gasteiger partial charge in [-0.1, -0.05) is 56.7 Å². The highest BCUT2D eigenvalue weighted by atomic mass is 16.5. The highest BCUT2D eigenvalue weighted by molar-refractivity contribution is 5.81. The van der Waals surface area contributed by atoms with Crippen molar-refractivity contribution in [3.05, 3.63) is 64.7 Å². The van der Waals surface area contributed by atoms with E-state index in [0.29, 0.717) is 37.6 Å². The molecule has 2 aromatic rings. The number of likely N-dealkylation sites (tertiary alicyclic amines) is 1. The van der Waals surface area contributed by atoms with Gasteiger partial charge in [0, 0.05) is 26.1 Å². The summed E-state index contributed by atoms with van der Waals surface area (Å²) in [4.78, 5) is 30.6. The van der Waals surface area contributed by atoms with E-state index in [1.165, 1.54) is 24.0 Å². The summed E-state index contributed by atoms with van der Waals surface area (Å²) in [6, 6.07) is 14.4. The number of nitrogens with one attached hydrogen (secondary N) is 1. The predicted octanol–water partition coefficient (Wildman–Crippen LogP) is 4.88. The highest BCUT2D eigenvalue weighted by Gasteiger charge is 2.33. The number of nitrogens with zero attached hydrogens (tertiary/aromatic N) is 2.